The van der Waals surface area contributed by atoms with Gasteiger partial charge in [0.25, 0.3) is 0 Å². The molecule has 0 aromatic carbocycles. The molecule has 4 nitrogen and oxygen atoms in total. The van der Waals surface area contributed by atoms with Crippen LogP contribution < -0.4 is 0 Å². The summed E-state index contributed by atoms with van der Waals surface area (Å²) in [5.41, 5.74) is 0.648. The molecule has 0 saturated heterocycles. The van der Waals surface area contributed by atoms with Crippen molar-refractivity contribution in [3.63, 3.8) is 0 Å². The van der Waals surface area contributed by atoms with Crippen molar-refractivity contribution in [3.8, 4) is 10.8 Å². The molecule has 2 rings (SSSR count). The molecule has 0 amide bonds. The third-order valence-corrected chi connectivity index (χ3v) is 3.74. The van der Waals surface area contributed by atoms with E-state index in [1.54, 1.807) is 19.3 Å². The van der Waals surface area contributed by atoms with E-state index in [-0.39, 0.29) is 5.97 Å². The molecule has 0 aliphatic carbocycles. The molecule has 2 heterocycles. The van der Waals surface area contributed by atoms with Gasteiger partial charge in [0, 0.05) is 0 Å². The second-order valence-corrected chi connectivity index (χ2v) is 4.88. The lowest BCUT2D eigenvalue weighted by molar-refractivity contribution is 0.0605. The fourth-order valence-electron chi connectivity index (χ4n) is 1.22. The Morgan fingerprint density at radius 1 is 1.62 bits per heavy atom. The molecule has 16 heavy (non-hydrogen) atoms. The number of aryl methyl sites for hydroxylation is 1. The van der Waals surface area contributed by atoms with Gasteiger partial charge in [-0.1, -0.05) is 0 Å². The third-order valence-electron chi connectivity index (χ3n) is 1.98. The highest BCUT2D eigenvalue weighted by atomic mass is 79.9. The Morgan fingerprint density at radius 2 is 2.38 bits per heavy atom. The first-order valence-corrected chi connectivity index (χ1v) is 6.03. The first kappa shape index (κ1) is 11.3. The molecule has 0 N–H and O–H groups in total. The van der Waals surface area contributed by atoms with Gasteiger partial charge in [0.1, 0.15) is 4.88 Å². The van der Waals surface area contributed by atoms with Crippen molar-refractivity contribution in [2.24, 2.45) is 0 Å². The predicted octanol–water partition coefficient (Wildman–Crippen LogP) is 3.26. The van der Waals surface area contributed by atoms with Gasteiger partial charge >= 0.3 is 5.97 Å². The van der Waals surface area contributed by atoms with Crippen LogP contribution in [-0.4, -0.2) is 18.1 Å². The summed E-state index contributed by atoms with van der Waals surface area (Å²) in [6, 6.07) is 1.78. The molecule has 2 aromatic rings. The van der Waals surface area contributed by atoms with Crippen LogP contribution in [0.3, 0.4) is 0 Å². The SMILES string of the molecule is COC(=O)c1sc(-c2occc2Br)nc1C. The van der Waals surface area contributed by atoms with Crippen molar-refractivity contribution in [1.29, 1.82) is 0 Å². The van der Waals surface area contributed by atoms with Crippen LogP contribution in [0.1, 0.15) is 15.4 Å². The van der Waals surface area contributed by atoms with Crippen LogP contribution >= 0.6 is 27.3 Å². The second-order valence-electron chi connectivity index (χ2n) is 3.02. The Morgan fingerprint density at radius 3 is 2.94 bits per heavy atom. The number of carbonyl (C=O) groups is 1. The molecule has 0 aliphatic rings. The summed E-state index contributed by atoms with van der Waals surface area (Å²) in [5, 5.41) is 0.662. The molecular weight excluding hydrogens is 294 g/mol. The van der Waals surface area contributed by atoms with Crippen molar-refractivity contribution in [1.82, 2.24) is 4.98 Å². The normalized spacial score (nSPS) is 10.4. The van der Waals surface area contributed by atoms with Gasteiger partial charge in [0.05, 0.1) is 23.5 Å². The minimum absolute atomic E-state index is 0.371. The first-order chi connectivity index (χ1) is 7.63. The maximum absolute atomic E-state index is 11.4. The van der Waals surface area contributed by atoms with Crippen LogP contribution in [0, 0.1) is 6.92 Å². The molecule has 0 atom stereocenters. The standard InChI is InChI=1S/C10H8BrNO3S/c1-5-8(10(13)14-2)16-9(12-5)7-6(11)3-4-15-7/h3-4H,1-2H3. The molecule has 0 unspecified atom stereocenters. The average molecular weight is 302 g/mol. The van der Waals surface area contributed by atoms with Crippen molar-refractivity contribution in [2.75, 3.05) is 7.11 Å². The largest absolute Gasteiger partial charge is 0.465 e. The maximum atomic E-state index is 11.4. The summed E-state index contributed by atoms with van der Waals surface area (Å²) >= 11 is 4.60. The predicted molar refractivity (Wildman–Crippen MR) is 63.6 cm³/mol. The number of halogens is 1. The minimum atomic E-state index is -0.371. The average Bonchev–Trinajstić information content (AvgIpc) is 2.83. The van der Waals surface area contributed by atoms with Crippen LogP contribution in [0.25, 0.3) is 10.8 Å². The molecule has 0 bridgehead atoms. The van der Waals surface area contributed by atoms with E-state index in [1.165, 1.54) is 18.4 Å². The molecule has 2 aromatic heterocycles. The number of hydrogen-bond acceptors (Lipinski definition) is 5. The van der Waals surface area contributed by atoms with E-state index >= 15 is 0 Å². The highest BCUT2D eigenvalue weighted by Crippen LogP contribution is 2.33. The smallest absolute Gasteiger partial charge is 0.349 e. The number of furan rings is 1. The summed E-state index contributed by atoms with van der Waals surface area (Å²) < 4.78 is 10.8. The topological polar surface area (TPSA) is 52.3 Å². The Balaban J connectivity index is 2.46. The number of nitrogens with zero attached hydrogens (tertiary/aromatic N) is 1. The van der Waals surface area contributed by atoms with Crippen LogP contribution in [0.5, 0.6) is 0 Å². The van der Waals surface area contributed by atoms with E-state index in [2.05, 4.69) is 25.7 Å². The van der Waals surface area contributed by atoms with E-state index in [1.807, 2.05) is 0 Å². The third kappa shape index (κ3) is 1.90. The van der Waals surface area contributed by atoms with E-state index in [0.717, 1.165) is 4.47 Å². The van der Waals surface area contributed by atoms with E-state index in [0.29, 0.717) is 21.3 Å². The van der Waals surface area contributed by atoms with E-state index in [4.69, 9.17) is 4.42 Å². The lowest BCUT2D eigenvalue weighted by Crippen LogP contribution is -1.99. The highest BCUT2D eigenvalue weighted by molar-refractivity contribution is 9.10. The van der Waals surface area contributed by atoms with Gasteiger partial charge in [-0.15, -0.1) is 11.3 Å². The van der Waals surface area contributed by atoms with Crippen LogP contribution in [0.15, 0.2) is 21.2 Å². The molecule has 0 radical (unpaired) electrons. The monoisotopic (exact) mass is 301 g/mol. The van der Waals surface area contributed by atoms with Crippen LogP contribution in [0.2, 0.25) is 0 Å². The summed E-state index contributed by atoms with van der Waals surface area (Å²) in [5.74, 6) is 0.257. The lowest BCUT2D eigenvalue weighted by Gasteiger charge is -1.93. The molecule has 0 saturated carbocycles. The van der Waals surface area contributed by atoms with E-state index < -0.39 is 0 Å². The van der Waals surface area contributed by atoms with Crippen LogP contribution in [-0.2, 0) is 4.74 Å². The van der Waals surface area contributed by atoms with E-state index in [9.17, 15) is 4.79 Å². The molecule has 0 spiro atoms. The zero-order valence-electron chi connectivity index (χ0n) is 8.61. The Hall–Kier alpha value is -1.14. The summed E-state index contributed by atoms with van der Waals surface area (Å²) in [6.07, 6.45) is 1.56. The number of hydrogen-bond donors (Lipinski definition) is 0. The fraction of sp³-hybridized carbons (Fsp3) is 0.200. The first-order valence-electron chi connectivity index (χ1n) is 4.42. The van der Waals surface area contributed by atoms with Crippen molar-refractivity contribution >= 4 is 33.2 Å². The van der Waals surface area contributed by atoms with Gasteiger partial charge in [-0.05, 0) is 28.9 Å². The Kier molecular flexibility index (Phi) is 3.11. The number of rotatable bonds is 2. The number of thiazole rings is 1. The molecule has 6 heteroatoms. The summed E-state index contributed by atoms with van der Waals surface area (Å²) in [7, 11) is 1.35. The number of ether oxygens (including phenoxy) is 1. The highest BCUT2D eigenvalue weighted by Gasteiger charge is 2.19. The second kappa shape index (κ2) is 4.39. The zero-order chi connectivity index (χ0) is 11.7. The Bertz CT molecular complexity index is 532. The minimum Gasteiger partial charge on any atom is -0.465 e. The van der Waals surface area contributed by atoms with Gasteiger partial charge in [-0.25, -0.2) is 9.78 Å². The number of methoxy groups -OCH3 is 1. The van der Waals surface area contributed by atoms with Gasteiger partial charge in [-0.2, -0.15) is 0 Å². The van der Waals surface area contributed by atoms with Crippen molar-refractivity contribution in [2.45, 2.75) is 6.92 Å². The molecule has 0 aliphatic heterocycles. The molecule has 84 valence electrons. The fourth-order valence-corrected chi connectivity index (χ4v) is 2.73. The van der Waals surface area contributed by atoms with Gasteiger partial charge in [0.2, 0.25) is 0 Å². The summed E-state index contributed by atoms with van der Waals surface area (Å²) in [4.78, 5) is 16.2. The molecular formula is C10H8BrNO3S. The number of aromatic nitrogens is 1. The van der Waals surface area contributed by atoms with Crippen LogP contribution in [0.4, 0.5) is 0 Å². The number of esters is 1. The Labute approximate surface area is 104 Å². The zero-order valence-corrected chi connectivity index (χ0v) is 11.0. The quantitative estimate of drug-likeness (QED) is 0.799. The maximum Gasteiger partial charge on any atom is 0.349 e. The van der Waals surface area contributed by atoms with Gasteiger partial charge in [-0.3, -0.25) is 0 Å². The van der Waals surface area contributed by atoms with Crippen molar-refractivity contribution < 1.29 is 13.9 Å². The summed E-state index contributed by atoms with van der Waals surface area (Å²) in [6.45, 7) is 1.77. The van der Waals surface area contributed by atoms with Gasteiger partial charge < -0.3 is 9.15 Å². The lowest BCUT2D eigenvalue weighted by atomic mass is 10.4. The van der Waals surface area contributed by atoms with Crippen molar-refractivity contribution in [3.05, 3.63) is 27.4 Å². The van der Waals surface area contributed by atoms with Gasteiger partial charge in [0.15, 0.2) is 10.8 Å². The number of carbonyl (C=O) groups excluding carboxylic acids is 1. The molecule has 0 fully saturated rings.